The van der Waals surface area contributed by atoms with Crippen LogP contribution in [0.4, 0.5) is 0 Å². The number of carbonyl (C=O) groups excluding carboxylic acids is 2. The first-order chi connectivity index (χ1) is 18.2. The topological polar surface area (TPSA) is 94.2 Å². The zero-order chi connectivity index (χ0) is 29.9. The average molecular weight is 540 g/mol. The molecule has 2 N–H and O–H groups in total. The number of primary amides is 1. The second-order valence-electron chi connectivity index (χ2n) is 10.4. The summed E-state index contributed by atoms with van der Waals surface area (Å²) in [6.45, 7) is 22.8. The normalized spacial score (nSPS) is 12.5. The molecule has 1 atom stereocenters. The van der Waals surface area contributed by atoms with E-state index in [4.69, 9.17) is 20.2 Å². The molecule has 0 aliphatic rings. The van der Waals surface area contributed by atoms with Gasteiger partial charge in [-0.1, -0.05) is 32.0 Å². The highest BCUT2D eigenvalue weighted by atomic mass is 16.5. The van der Waals surface area contributed by atoms with Crippen LogP contribution in [-0.4, -0.2) is 53.8 Å². The zero-order valence-electron chi connectivity index (χ0n) is 25.9. The van der Waals surface area contributed by atoms with Crippen LogP contribution in [0.2, 0.25) is 0 Å². The van der Waals surface area contributed by atoms with Crippen LogP contribution < -0.4 is 10.5 Å². The van der Waals surface area contributed by atoms with Crippen LogP contribution in [0.1, 0.15) is 81.8 Å². The summed E-state index contributed by atoms with van der Waals surface area (Å²) in [4.78, 5) is 30.7. The summed E-state index contributed by atoms with van der Waals surface area (Å²) in [5.74, 6) is 0.869. The molecule has 7 heteroatoms. The Morgan fingerprint density at radius 1 is 1.00 bits per heavy atom. The number of nitrogens with two attached hydrogens (primary N) is 1. The number of hydrogen-bond acceptors (Lipinski definition) is 6. The number of benzene rings is 2. The van der Waals surface area contributed by atoms with Crippen molar-refractivity contribution in [2.24, 2.45) is 10.7 Å². The summed E-state index contributed by atoms with van der Waals surface area (Å²) in [6, 6.07) is 10.1. The molecule has 2 rings (SSSR count). The fraction of sp³-hybridized carbons (Fsp3) is 0.531. The average Bonchev–Trinajstić information content (AvgIpc) is 2.83. The number of carbonyl (C=O) groups is 2. The number of rotatable bonds is 12. The molecular formula is C32H49N3O4. The Morgan fingerprint density at radius 2 is 1.59 bits per heavy atom. The number of Topliss-reactive ketones (excluding diaryl/α,β-unsaturated/α-hetero) is 1. The molecule has 39 heavy (non-hydrogen) atoms. The number of ether oxygens (including phenoxy) is 2. The van der Waals surface area contributed by atoms with Gasteiger partial charge in [-0.05, 0) is 102 Å². The maximum absolute atomic E-state index is 12.0. The van der Waals surface area contributed by atoms with Gasteiger partial charge in [-0.15, -0.1) is 0 Å². The van der Waals surface area contributed by atoms with Crippen molar-refractivity contribution in [1.29, 1.82) is 0 Å². The van der Waals surface area contributed by atoms with E-state index in [2.05, 4.69) is 26.0 Å². The van der Waals surface area contributed by atoms with Crippen molar-refractivity contribution in [1.82, 2.24) is 4.90 Å². The third kappa shape index (κ3) is 10.5. The smallest absolute Gasteiger partial charge is 0.231 e. The van der Waals surface area contributed by atoms with Gasteiger partial charge in [-0.3, -0.25) is 14.5 Å². The first-order valence-corrected chi connectivity index (χ1v) is 13.8. The van der Waals surface area contributed by atoms with Gasteiger partial charge in [0.15, 0.2) is 11.4 Å². The second kappa shape index (κ2) is 15.4. The maximum atomic E-state index is 12.0. The minimum Gasteiger partial charge on any atom is -0.480 e. The first-order valence-electron chi connectivity index (χ1n) is 13.8. The summed E-state index contributed by atoms with van der Waals surface area (Å²) in [7, 11) is 0. The molecule has 2 aromatic rings. The summed E-state index contributed by atoms with van der Waals surface area (Å²) >= 11 is 0. The van der Waals surface area contributed by atoms with E-state index in [1.165, 1.54) is 18.1 Å². The number of amides is 1. The minimum absolute atomic E-state index is 0.0372. The lowest BCUT2D eigenvalue weighted by Gasteiger charge is -2.27. The van der Waals surface area contributed by atoms with E-state index in [-0.39, 0.29) is 18.4 Å². The molecule has 0 aromatic heterocycles. The first kappa shape index (κ1) is 33.8. The van der Waals surface area contributed by atoms with Gasteiger partial charge in [0, 0.05) is 18.7 Å². The number of nitrogens with zero attached hydrogens (tertiary/aromatic N) is 2. The van der Waals surface area contributed by atoms with Gasteiger partial charge in [0.25, 0.3) is 0 Å². The fourth-order valence-electron chi connectivity index (χ4n) is 4.10. The molecule has 0 saturated carbocycles. The molecule has 0 saturated heterocycles. The third-order valence-electron chi connectivity index (χ3n) is 6.41. The van der Waals surface area contributed by atoms with Gasteiger partial charge >= 0.3 is 0 Å². The van der Waals surface area contributed by atoms with Gasteiger partial charge < -0.3 is 15.2 Å². The van der Waals surface area contributed by atoms with E-state index in [0.717, 1.165) is 22.3 Å². The van der Waals surface area contributed by atoms with Crippen molar-refractivity contribution >= 4 is 17.6 Å². The van der Waals surface area contributed by atoms with Gasteiger partial charge in [0.2, 0.25) is 11.8 Å². The number of aliphatic imine (C=N–C) groups is 1. The molecule has 0 bridgehead atoms. The largest absolute Gasteiger partial charge is 0.480 e. The van der Waals surface area contributed by atoms with Gasteiger partial charge in [-0.2, -0.15) is 0 Å². The Morgan fingerprint density at radius 3 is 2.08 bits per heavy atom. The van der Waals surface area contributed by atoms with Crippen LogP contribution in [0.25, 0.3) is 0 Å². The lowest BCUT2D eigenvalue weighted by molar-refractivity contribution is -0.129. The molecule has 2 aromatic carbocycles. The number of aryl methyl sites for hydroxylation is 4. The molecule has 1 unspecified atom stereocenters. The molecule has 0 aliphatic carbocycles. The van der Waals surface area contributed by atoms with Crippen LogP contribution in [0, 0.1) is 27.7 Å². The van der Waals surface area contributed by atoms with Crippen LogP contribution in [0.15, 0.2) is 35.3 Å². The highest BCUT2D eigenvalue weighted by Gasteiger charge is 2.27. The van der Waals surface area contributed by atoms with E-state index in [0.29, 0.717) is 31.3 Å². The van der Waals surface area contributed by atoms with Crippen molar-refractivity contribution in [3.63, 3.8) is 0 Å². The standard InChI is InChI=1S/C30H43N3O4.C2H6/c1-10-36-29(26-12-11-19(2)20(3)15-26)32-23(6)16-33(18-27(31)35)17-25-13-21(4)28(22(5)14-25)37-30(8,9)24(7)34;1-2/h11-15,23H,10,16-18H2,1-9H3,(H2,31,35);1-2H3. The Balaban J connectivity index is 0.00000371. The summed E-state index contributed by atoms with van der Waals surface area (Å²) in [6.07, 6.45) is 0. The number of hydrogen-bond donors (Lipinski definition) is 1. The zero-order valence-corrected chi connectivity index (χ0v) is 25.9. The predicted octanol–water partition coefficient (Wildman–Crippen LogP) is 5.85. The van der Waals surface area contributed by atoms with Crippen LogP contribution in [-0.2, 0) is 20.9 Å². The molecule has 1 amide bonds. The Hall–Kier alpha value is -3.19. The van der Waals surface area contributed by atoms with Crippen molar-refractivity contribution in [3.05, 3.63) is 63.7 Å². The van der Waals surface area contributed by atoms with Crippen molar-refractivity contribution < 1.29 is 19.1 Å². The quantitative estimate of drug-likeness (QED) is 0.270. The van der Waals surface area contributed by atoms with Gasteiger partial charge in [0.05, 0.1) is 19.2 Å². The van der Waals surface area contributed by atoms with Crippen LogP contribution in [0.5, 0.6) is 5.75 Å². The second-order valence-corrected chi connectivity index (χ2v) is 10.4. The summed E-state index contributed by atoms with van der Waals surface area (Å²) in [5, 5.41) is 0. The highest BCUT2D eigenvalue weighted by molar-refractivity contribution is 5.94. The van der Waals surface area contributed by atoms with E-state index < -0.39 is 11.5 Å². The molecule has 7 nitrogen and oxygen atoms in total. The van der Waals surface area contributed by atoms with Crippen LogP contribution in [0.3, 0.4) is 0 Å². The summed E-state index contributed by atoms with van der Waals surface area (Å²) in [5.41, 5.74) is 10.9. The van der Waals surface area contributed by atoms with Crippen molar-refractivity contribution in [2.45, 2.75) is 94.3 Å². The fourth-order valence-corrected chi connectivity index (χ4v) is 4.10. The highest BCUT2D eigenvalue weighted by Crippen LogP contribution is 2.29. The predicted molar refractivity (Wildman–Crippen MR) is 161 cm³/mol. The lowest BCUT2D eigenvalue weighted by Crippen LogP contribution is -2.38. The van der Waals surface area contributed by atoms with Gasteiger partial charge in [0.1, 0.15) is 5.75 Å². The molecular weight excluding hydrogens is 490 g/mol. The monoisotopic (exact) mass is 539 g/mol. The van der Waals surface area contributed by atoms with E-state index >= 15 is 0 Å². The Labute approximate surface area is 235 Å². The molecule has 0 aliphatic heterocycles. The van der Waals surface area contributed by atoms with Gasteiger partial charge in [-0.25, -0.2) is 4.99 Å². The molecule has 0 fully saturated rings. The van der Waals surface area contributed by atoms with E-state index in [9.17, 15) is 9.59 Å². The van der Waals surface area contributed by atoms with Crippen molar-refractivity contribution in [3.8, 4) is 5.75 Å². The van der Waals surface area contributed by atoms with E-state index in [1.807, 2.05) is 64.6 Å². The van der Waals surface area contributed by atoms with E-state index in [1.54, 1.807) is 13.8 Å². The Bertz CT molecular complexity index is 1130. The third-order valence-corrected chi connectivity index (χ3v) is 6.41. The molecule has 0 heterocycles. The molecule has 216 valence electrons. The molecule has 0 radical (unpaired) electrons. The maximum Gasteiger partial charge on any atom is 0.231 e. The lowest BCUT2D eigenvalue weighted by atomic mass is 10.0. The molecule has 0 spiro atoms. The Kier molecular flexibility index (Phi) is 13.4. The van der Waals surface area contributed by atoms with Crippen molar-refractivity contribution in [2.75, 3.05) is 19.7 Å². The minimum atomic E-state index is -0.906. The summed E-state index contributed by atoms with van der Waals surface area (Å²) < 4.78 is 11.9. The SMILES string of the molecule is CC.CCOC(=NC(C)CN(CC(N)=O)Cc1cc(C)c(OC(C)(C)C(C)=O)c(C)c1)c1ccc(C)c(C)c1. The number of ketones is 1. The van der Waals surface area contributed by atoms with Crippen LogP contribution >= 0.6 is 0 Å².